The Hall–Kier alpha value is -3.43. The van der Waals surface area contributed by atoms with Crippen LogP contribution < -0.4 is 21.9 Å². The monoisotopic (exact) mass is 441 g/mol. The van der Waals surface area contributed by atoms with E-state index in [1.54, 1.807) is 23.9 Å². The number of amides is 1. The number of fused-ring (bicyclic) bond motifs is 1. The summed E-state index contributed by atoms with van der Waals surface area (Å²) < 4.78 is 3.10. The highest BCUT2D eigenvalue weighted by Crippen LogP contribution is 2.24. The lowest BCUT2D eigenvalue weighted by Gasteiger charge is -2.25. The Morgan fingerprint density at radius 1 is 1.25 bits per heavy atom. The van der Waals surface area contributed by atoms with Crippen molar-refractivity contribution in [2.45, 2.75) is 66.5 Å². The van der Waals surface area contributed by atoms with Crippen LogP contribution in [-0.2, 0) is 6.54 Å². The van der Waals surface area contributed by atoms with E-state index in [9.17, 15) is 14.4 Å². The van der Waals surface area contributed by atoms with Crippen LogP contribution in [0.1, 0.15) is 69.1 Å². The van der Waals surface area contributed by atoms with Gasteiger partial charge in [-0.25, -0.2) is 14.5 Å². The van der Waals surface area contributed by atoms with E-state index in [1.165, 1.54) is 9.47 Å². The summed E-state index contributed by atoms with van der Waals surface area (Å²) in [7, 11) is 0. The minimum Gasteiger partial charge on any atom is -0.383 e. The minimum absolute atomic E-state index is 0.00567. The van der Waals surface area contributed by atoms with Crippen LogP contribution in [0.5, 0.6) is 0 Å². The van der Waals surface area contributed by atoms with Crippen molar-refractivity contribution in [2.24, 2.45) is 0 Å². The second-order valence-electron chi connectivity index (χ2n) is 8.17. The number of anilines is 2. The zero-order chi connectivity index (χ0) is 23.6. The molecule has 10 heteroatoms. The number of aryl methyl sites for hydroxylation is 1. The zero-order valence-corrected chi connectivity index (χ0v) is 19.3. The first kappa shape index (κ1) is 23.2. The van der Waals surface area contributed by atoms with Crippen molar-refractivity contribution in [1.29, 1.82) is 0 Å². The van der Waals surface area contributed by atoms with Crippen LogP contribution in [-0.4, -0.2) is 36.8 Å². The van der Waals surface area contributed by atoms with E-state index < -0.39 is 11.2 Å². The van der Waals surface area contributed by atoms with Gasteiger partial charge in [-0.3, -0.25) is 19.1 Å². The lowest BCUT2D eigenvalue weighted by Crippen LogP contribution is -2.42. The molecule has 0 aromatic carbocycles. The number of H-pyrrole nitrogens is 1. The fraction of sp³-hybridized carbons (Fsp3) is 0.500. The van der Waals surface area contributed by atoms with Crippen LogP contribution in [0.15, 0.2) is 21.9 Å². The molecule has 10 nitrogen and oxygen atoms in total. The molecule has 0 saturated carbocycles. The fourth-order valence-electron chi connectivity index (χ4n) is 3.72. The molecular formula is C22H31N7O3. The first-order chi connectivity index (χ1) is 15.2. The topological polar surface area (TPSA) is 132 Å². The lowest BCUT2D eigenvalue weighted by atomic mass is 10.1. The van der Waals surface area contributed by atoms with Gasteiger partial charge >= 0.3 is 5.69 Å². The maximum absolute atomic E-state index is 13.7. The second kappa shape index (κ2) is 9.37. The summed E-state index contributed by atoms with van der Waals surface area (Å²) in [5.74, 6) is -0.397. The molecule has 172 valence electrons. The number of nitrogens with one attached hydrogen (secondary N) is 1. The highest BCUT2D eigenvalue weighted by molar-refractivity contribution is 6.09. The van der Waals surface area contributed by atoms with E-state index in [2.05, 4.69) is 15.1 Å². The van der Waals surface area contributed by atoms with Crippen LogP contribution in [0.2, 0.25) is 0 Å². The third kappa shape index (κ3) is 4.17. The highest BCUT2D eigenvalue weighted by atomic mass is 16.2. The number of nitrogens with two attached hydrogens (primary N) is 1. The number of unbranched alkanes of at least 4 members (excludes halogenated alkanes) is 1. The molecule has 3 heterocycles. The van der Waals surface area contributed by atoms with E-state index in [0.29, 0.717) is 36.3 Å². The highest BCUT2D eigenvalue weighted by Gasteiger charge is 2.27. The van der Waals surface area contributed by atoms with Gasteiger partial charge in [0.25, 0.3) is 11.5 Å². The van der Waals surface area contributed by atoms with Gasteiger partial charge in [0.05, 0.1) is 17.5 Å². The van der Waals surface area contributed by atoms with Gasteiger partial charge in [0.15, 0.2) is 11.3 Å². The molecule has 0 aliphatic carbocycles. The second-order valence-corrected chi connectivity index (χ2v) is 8.17. The molecule has 3 aromatic heterocycles. The number of nitrogens with zero attached hydrogens (tertiary/aromatic N) is 5. The zero-order valence-electron chi connectivity index (χ0n) is 19.3. The van der Waals surface area contributed by atoms with E-state index in [1.807, 2.05) is 27.7 Å². The quantitative estimate of drug-likeness (QED) is 0.552. The van der Waals surface area contributed by atoms with Gasteiger partial charge in [-0.1, -0.05) is 20.3 Å². The van der Waals surface area contributed by atoms with Gasteiger partial charge in [0.1, 0.15) is 5.82 Å². The minimum atomic E-state index is -0.677. The number of rotatable bonds is 8. The van der Waals surface area contributed by atoms with Gasteiger partial charge < -0.3 is 10.6 Å². The first-order valence-electron chi connectivity index (χ1n) is 11.0. The van der Waals surface area contributed by atoms with Gasteiger partial charge in [-0.2, -0.15) is 5.10 Å². The molecule has 0 unspecified atom stereocenters. The van der Waals surface area contributed by atoms with Crippen LogP contribution in [0.3, 0.4) is 0 Å². The first-order valence-corrected chi connectivity index (χ1v) is 11.0. The van der Waals surface area contributed by atoms with Gasteiger partial charge in [-0.05, 0) is 39.7 Å². The number of aromatic nitrogens is 5. The lowest BCUT2D eigenvalue weighted by molar-refractivity contribution is 0.0985. The average Bonchev–Trinajstić information content (AvgIpc) is 3.15. The molecule has 0 bridgehead atoms. The summed E-state index contributed by atoms with van der Waals surface area (Å²) in [6, 6.07) is 1.87. The molecule has 1 amide bonds. The number of nitrogen functional groups attached to an aromatic ring is 1. The molecule has 3 aromatic rings. The van der Waals surface area contributed by atoms with E-state index in [0.717, 1.165) is 11.8 Å². The van der Waals surface area contributed by atoms with Gasteiger partial charge in [-0.15, -0.1) is 0 Å². The molecule has 0 aliphatic rings. The van der Waals surface area contributed by atoms with Gasteiger partial charge in [0.2, 0.25) is 0 Å². The number of aromatic amines is 1. The molecule has 3 N–H and O–H groups in total. The third-order valence-electron chi connectivity index (χ3n) is 5.39. The molecule has 0 aliphatic heterocycles. The molecule has 3 rings (SSSR count). The van der Waals surface area contributed by atoms with Crippen molar-refractivity contribution >= 4 is 28.4 Å². The maximum Gasteiger partial charge on any atom is 0.330 e. The Labute approximate surface area is 186 Å². The smallest absolute Gasteiger partial charge is 0.330 e. The average molecular weight is 442 g/mol. The number of hydrogen-bond acceptors (Lipinski definition) is 6. The van der Waals surface area contributed by atoms with Crippen molar-refractivity contribution in [1.82, 2.24) is 24.3 Å². The Kier molecular flexibility index (Phi) is 6.81. The predicted molar refractivity (Wildman–Crippen MR) is 125 cm³/mol. The summed E-state index contributed by atoms with van der Waals surface area (Å²) in [5.41, 5.74) is 6.57. The maximum atomic E-state index is 13.7. The number of hydrogen-bond donors (Lipinski definition) is 2. The Bertz CT molecular complexity index is 1250. The third-order valence-corrected chi connectivity index (χ3v) is 5.39. The fourth-order valence-corrected chi connectivity index (χ4v) is 3.72. The number of carbonyl (C=O) groups excluding carboxylic acids is 1. The largest absolute Gasteiger partial charge is 0.383 e. The van der Waals surface area contributed by atoms with Crippen LogP contribution in [0, 0.1) is 6.92 Å². The summed E-state index contributed by atoms with van der Waals surface area (Å²) >= 11 is 0. The molecule has 32 heavy (non-hydrogen) atoms. The summed E-state index contributed by atoms with van der Waals surface area (Å²) in [6.07, 6.45) is 3.81. The predicted octanol–water partition coefficient (Wildman–Crippen LogP) is 2.61. The van der Waals surface area contributed by atoms with Crippen molar-refractivity contribution < 1.29 is 4.79 Å². The number of carbonyl (C=O) groups is 1. The van der Waals surface area contributed by atoms with E-state index in [-0.39, 0.29) is 30.0 Å². The molecule has 0 saturated heterocycles. The Morgan fingerprint density at radius 3 is 2.59 bits per heavy atom. The Balaban J connectivity index is 2.16. The SMILES string of the molecule is CCCCN(C(=O)c1cc2cnn(C(C)C)c2nc1C)c1c(N)n(CCC)c(=O)[nH]c1=O. The van der Waals surface area contributed by atoms with Crippen molar-refractivity contribution in [3.63, 3.8) is 0 Å². The summed E-state index contributed by atoms with van der Waals surface area (Å²) in [6.45, 7) is 10.3. The number of pyridine rings is 1. The van der Waals surface area contributed by atoms with Crippen LogP contribution >= 0.6 is 0 Å². The normalized spacial score (nSPS) is 11.4. The van der Waals surface area contributed by atoms with Crippen molar-refractivity contribution in [3.05, 3.63) is 44.4 Å². The molecule has 0 fully saturated rings. The summed E-state index contributed by atoms with van der Waals surface area (Å²) in [4.78, 5) is 47.0. The van der Waals surface area contributed by atoms with Crippen molar-refractivity contribution in [2.75, 3.05) is 17.2 Å². The molecule has 0 spiro atoms. The van der Waals surface area contributed by atoms with Gasteiger partial charge in [0, 0.05) is 24.5 Å². The van der Waals surface area contributed by atoms with Crippen LogP contribution in [0.4, 0.5) is 11.5 Å². The Morgan fingerprint density at radius 2 is 1.97 bits per heavy atom. The molecule has 0 atom stereocenters. The standard InChI is InChI=1S/C22H31N7O3/c1-6-8-10-27(17-18(23)28(9-7-2)22(32)26-20(17)30)21(31)16-11-15-12-24-29(13(3)4)19(15)25-14(16)5/h11-13H,6-10,23H2,1-5H3,(H,26,30,32). The molecular weight excluding hydrogens is 410 g/mol. The van der Waals surface area contributed by atoms with E-state index >= 15 is 0 Å². The van der Waals surface area contributed by atoms with Crippen molar-refractivity contribution in [3.8, 4) is 0 Å². The summed E-state index contributed by atoms with van der Waals surface area (Å²) in [5, 5.41) is 5.11. The van der Waals surface area contributed by atoms with Crippen LogP contribution in [0.25, 0.3) is 11.0 Å². The molecule has 0 radical (unpaired) electrons. The van der Waals surface area contributed by atoms with E-state index in [4.69, 9.17) is 5.73 Å².